The number of hydrogen-bond donors (Lipinski definition) is 2. The fraction of sp³-hybridized carbons (Fsp3) is 0.100. The van der Waals surface area contributed by atoms with Crippen LogP contribution in [0, 0.1) is 6.92 Å². The zero-order chi connectivity index (χ0) is 11.5. The van der Waals surface area contributed by atoms with Crippen LogP contribution >= 0.6 is 12.2 Å². The van der Waals surface area contributed by atoms with Gasteiger partial charge in [-0.3, -0.25) is 0 Å². The second-order valence-electron chi connectivity index (χ2n) is 3.18. The van der Waals surface area contributed by atoms with E-state index in [2.05, 4.69) is 15.5 Å². The Bertz CT molecular complexity index is 523. The lowest BCUT2D eigenvalue weighted by atomic mass is 10.2. The number of anilines is 1. The third kappa shape index (κ3) is 2.17. The molecule has 1 heterocycles. The summed E-state index contributed by atoms with van der Waals surface area (Å²) in [5.74, 6) is 1.02. The number of aryl methyl sites for hydroxylation is 1. The maximum Gasteiger partial charge on any atom is 0.260 e. The molecule has 0 saturated carbocycles. The van der Waals surface area contributed by atoms with Gasteiger partial charge in [-0.1, -0.05) is 17.3 Å². The van der Waals surface area contributed by atoms with Crippen molar-refractivity contribution in [1.82, 2.24) is 10.1 Å². The highest BCUT2D eigenvalue weighted by Crippen LogP contribution is 2.25. The van der Waals surface area contributed by atoms with Crippen LogP contribution in [-0.2, 0) is 0 Å². The molecule has 0 bridgehead atoms. The van der Waals surface area contributed by atoms with Crippen molar-refractivity contribution in [3.05, 3.63) is 30.1 Å². The molecule has 5 nitrogen and oxygen atoms in total. The monoisotopic (exact) mass is 234 g/mol. The molecule has 0 unspecified atom stereocenters. The maximum absolute atomic E-state index is 5.43. The average Bonchev–Trinajstić information content (AvgIpc) is 2.65. The molecule has 0 radical (unpaired) electrons. The number of nitrogens with zero attached hydrogens (tertiary/aromatic N) is 2. The van der Waals surface area contributed by atoms with Gasteiger partial charge in [-0.15, -0.1) is 0 Å². The molecular formula is C10H10N4OS. The lowest BCUT2D eigenvalue weighted by Crippen LogP contribution is -2.19. The Morgan fingerprint density at radius 2 is 2.19 bits per heavy atom. The molecule has 0 aliphatic heterocycles. The van der Waals surface area contributed by atoms with Gasteiger partial charge in [0.2, 0.25) is 0 Å². The molecule has 2 rings (SSSR count). The minimum absolute atomic E-state index is 0.198. The van der Waals surface area contributed by atoms with Gasteiger partial charge in [0.05, 0.1) is 11.3 Å². The van der Waals surface area contributed by atoms with Gasteiger partial charge in [-0.05, 0) is 31.3 Å². The number of nitrogens with two attached hydrogens (primary N) is 1. The summed E-state index contributed by atoms with van der Waals surface area (Å²) >= 11 is 4.79. The van der Waals surface area contributed by atoms with E-state index in [1.165, 1.54) is 0 Å². The number of rotatable bonds is 2. The first-order valence-electron chi connectivity index (χ1n) is 4.63. The zero-order valence-electron chi connectivity index (χ0n) is 8.60. The van der Waals surface area contributed by atoms with E-state index in [4.69, 9.17) is 22.5 Å². The van der Waals surface area contributed by atoms with Crippen LogP contribution in [0.3, 0.4) is 0 Å². The first-order chi connectivity index (χ1) is 7.66. The van der Waals surface area contributed by atoms with Gasteiger partial charge in [0.15, 0.2) is 10.9 Å². The highest BCUT2D eigenvalue weighted by atomic mass is 32.1. The summed E-state index contributed by atoms with van der Waals surface area (Å²) in [6.45, 7) is 1.76. The number of nitrogens with one attached hydrogen (secondary N) is 1. The topological polar surface area (TPSA) is 77.0 Å². The van der Waals surface area contributed by atoms with E-state index in [0.717, 1.165) is 11.3 Å². The van der Waals surface area contributed by atoms with Crippen molar-refractivity contribution in [2.24, 2.45) is 5.73 Å². The predicted octanol–water partition coefficient (Wildman–Crippen LogP) is 1.70. The van der Waals surface area contributed by atoms with Crippen molar-refractivity contribution >= 4 is 23.0 Å². The molecule has 0 aliphatic carbocycles. The zero-order valence-corrected chi connectivity index (χ0v) is 9.41. The van der Waals surface area contributed by atoms with E-state index >= 15 is 0 Å². The molecular weight excluding hydrogens is 224 g/mol. The molecule has 2 aromatic rings. The number of aromatic nitrogens is 2. The second-order valence-corrected chi connectivity index (χ2v) is 3.62. The molecule has 16 heavy (non-hydrogen) atoms. The minimum atomic E-state index is 0.198. The summed E-state index contributed by atoms with van der Waals surface area (Å²) in [5, 5.41) is 6.80. The van der Waals surface area contributed by atoms with Crippen molar-refractivity contribution in [3.8, 4) is 11.5 Å². The summed E-state index contributed by atoms with van der Waals surface area (Å²) in [7, 11) is 0. The molecule has 1 aromatic carbocycles. The Morgan fingerprint density at radius 1 is 1.44 bits per heavy atom. The van der Waals surface area contributed by atoms with E-state index in [0.29, 0.717) is 11.7 Å². The molecule has 1 aromatic heterocycles. The van der Waals surface area contributed by atoms with Crippen molar-refractivity contribution in [1.29, 1.82) is 0 Å². The fourth-order valence-corrected chi connectivity index (χ4v) is 1.43. The Balaban J connectivity index is 2.43. The third-order valence-corrected chi connectivity index (χ3v) is 2.04. The Hall–Kier alpha value is -1.95. The van der Waals surface area contributed by atoms with E-state index in [9.17, 15) is 0 Å². The van der Waals surface area contributed by atoms with Gasteiger partial charge < -0.3 is 15.6 Å². The molecule has 6 heteroatoms. The lowest BCUT2D eigenvalue weighted by molar-refractivity contribution is 0.426. The van der Waals surface area contributed by atoms with Crippen molar-refractivity contribution in [2.75, 3.05) is 5.32 Å². The van der Waals surface area contributed by atoms with Crippen LogP contribution in [0.2, 0.25) is 0 Å². The molecule has 0 amide bonds. The Labute approximate surface area is 97.7 Å². The van der Waals surface area contributed by atoms with Crippen LogP contribution < -0.4 is 11.1 Å². The van der Waals surface area contributed by atoms with E-state index in [1.807, 2.05) is 24.3 Å². The van der Waals surface area contributed by atoms with Gasteiger partial charge in [0, 0.05) is 0 Å². The van der Waals surface area contributed by atoms with Crippen LogP contribution in [-0.4, -0.2) is 15.3 Å². The normalized spacial score (nSPS) is 10.1. The van der Waals surface area contributed by atoms with Gasteiger partial charge >= 0.3 is 0 Å². The molecule has 0 aliphatic rings. The summed E-state index contributed by atoms with van der Waals surface area (Å²) in [6, 6.07) is 7.44. The van der Waals surface area contributed by atoms with Crippen molar-refractivity contribution in [3.63, 3.8) is 0 Å². The van der Waals surface area contributed by atoms with Gasteiger partial charge in [-0.2, -0.15) is 4.98 Å². The molecule has 0 spiro atoms. The number of benzene rings is 1. The number of hydrogen-bond acceptors (Lipinski definition) is 4. The lowest BCUT2D eigenvalue weighted by Gasteiger charge is -2.06. The summed E-state index contributed by atoms with van der Waals surface area (Å²) in [5.41, 5.74) is 6.95. The highest BCUT2D eigenvalue weighted by molar-refractivity contribution is 7.80. The molecule has 0 fully saturated rings. The van der Waals surface area contributed by atoms with Crippen LogP contribution in [0.1, 0.15) is 5.82 Å². The Kier molecular flexibility index (Phi) is 2.82. The van der Waals surface area contributed by atoms with E-state index in [1.54, 1.807) is 6.92 Å². The van der Waals surface area contributed by atoms with Crippen molar-refractivity contribution in [2.45, 2.75) is 6.92 Å². The summed E-state index contributed by atoms with van der Waals surface area (Å²) in [4.78, 5) is 4.15. The number of para-hydroxylation sites is 1. The Morgan fingerprint density at radius 3 is 2.81 bits per heavy atom. The smallest absolute Gasteiger partial charge is 0.260 e. The van der Waals surface area contributed by atoms with Crippen LogP contribution in [0.25, 0.3) is 11.5 Å². The minimum Gasteiger partial charge on any atom is -0.376 e. The van der Waals surface area contributed by atoms with Crippen LogP contribution in [0.15, 0.2) is 28.8 Å². The van der Waals surface area contributed by atoms with Crippen molar-refractivity contribution < 1.29 is 4.52 Å². The molecule has 0 saturated heterocycles. The molecule has 0 atom stereocenters. The fourth-order valence-electron chi connectivity index (χ4n) is 1.32. The second kappa shape index (κ2) is 4.28. The van der Waals surface area contributed by atoms with Crippen LogP contribution in [0.4, 0.5) is 5.69 Å². The van der Waals surface area contributed by atoms with Gasteiger partial charge in [0.1, 0.15) is 0 Å². The quantitative estimate of drug-likeness (QED) is 0.770. The maximum atomic E-state index is 5.43. The average molecular weight is 234 g/mol. The van der Waals surface area contributed by atoms with Crippen LogP contribution in [0.5, 0.6) is 0 Å². The SMILES string of the molecule is Cc1noc(-c2ccccc2NC(N)=S)n1. The number of thiocarbonyl (C=S) groups is 1. The summed E-state index contributed by atoms with van der Waals surface area (Å²) < 4.78 is 5.09. The van der Waals surface area contributed by atoms with Gasteiger partial charge in [-0.25, -0.2) is 0 Å². The van der Waals surface area contributed by atoms with E-state index in [-0.39, 0.29) is 5.11 Å². The first-order valence-corrected chi connectivity index (χ1v) is 5.04. The standard InChI is InChI=1S/C10H10N4OS/c1-6-12-9(15-14-6)7-4-2-3-5-8(7)13-10(11)16/h2-5H,1H3,(H3,11,13,16). The first kappa shape index (κ1) is 10.6. The van der Waals surface area contributed by atoms with E-state index < -0.39 is 0 Å². The highest BCUT2D eigenvalue weighted by Gasteiger charge is 2.10. The molecule has 3 N–H and O–H groups in total. The third-order valence-electron chi connectivity index (χ3n) is 1.94. The largest absolute Gasteiger partial charge is 0.376 e. The summed E-state index contributed by atoms with van der Waals surface area (Å²) in [6.07, 6.45) is 0. The predicted molar refractivity (Wildman–Crippen MR) is 64.9 cm³/mol. The molecule has 82 valence electrons. The van der Waals surface area contributed by atoms with Gasteiger partial charge in [0.25, 0.3) is 5.89 Å².